The van der Waals surface area contributed by atoms with E-state index in [0.29, 0.717) is 0 Å². The van der Waals surface area contributed by atoms with E-state index in [-0.39, 0.29) is 11.7 Å². The molecule has 0 aliphatic rings. The molecule has 0 unspecified atom stereocenters. The van der Waals surface area contributed by atoms with Crippen molar-refractivity contribution >= 4 is 56.5 Å². The number of rotatable bonds is 5. The van der Waals surface area contributed by atoms with Gasteiger partial charge >= 0.3 is 0 Å². The van der Waals surface area contributed by atoms with Crippen LogP contribution in [0.4, 0.5) is 0 Å². The molecule has 152 valence electrons. The maximum absolute atomic E-state index is 12.4. The number of hydrogen-bond acceptors (Lipinski definition) is 4. The first-order valence-electron chi connectivity index (χ1n) is 9.97. The summed E-state index contributed by atoms with van der Waals surface area (Å²) in [4.78, 5) is 17.0. The van der Waals surface area contributed by atoms with Crippen molar-refractivity contribution in [3.8, 4) is 0 Å². The Labute approximate surface area is 183 Å². The fourth-order valence-corrected chi connectivity index (χ4v) is 4.55. The number of aryl methyl sites for hydroxylation is 1. The van der Waals surface area contributed by atoms with Crippen LogP contribution in [0, 0.1) is 0 Å². The average Bonchev–Trinajstić information content (AvgIpc) is 3.13. The molecule has 1 aromatic heterocycles. The maximum atomic E-state index is 12.4. The van der Waals surface area contributed by atoms with Gasteiger partial charge in [-0.2, -0.15) is 5.10 Å². The third kappa shape index (κ3) is 3.78. The molecular formula is C25H20N4OS. The van der Waals surface area contributed by atoms with E-state index in [1.165, 1.54) is 11.8 Å². The molecule has 0 spiro atoms. The molecule has 1 amide bonds. The van der Waals surface area contributed by atoms with Gasteiger partial charge in [0.1, 0.15) is 0 Å². The molecule has 31 heavy (non-hydrogen) atoms. The van der Waals surface area contributed by atoms with Gasteiger partial charge in [-0.3, -0.25) is 4.79 Å². The standard InChI is InChI=1S/C25H20N4OS/c1-29-23-13-7-6-12-22(23)27-25(29)31-16-24(30)28-26-15-21-19-10-4-2-8-17(19)14-18-9-3-5-11-20(18)21/h2-15H,16H2,1H3,(H,28,30)/b26-15-. The summed E-state index contributed by atoms with van der Waals surface area (Å²) >= 11 is 1.40. The number of benzene rings is 4. The number of thioether (sulfide) groups is 1. The third-order valence-corrected chi connectivity index (χ3v) is 6.30. The minimum Gasteiger partial charge on any atom is -0.322 e. The second-order valence-electron chi connectivity index (χ2n) is 7.26. The number of nitrogens with one attached hydrogen (secondary N) is 1. The van der Waals surface area contributed by atoms with Crippen LogP contribution in [0.2, 0.25) is 0 Å². The highest BCUT2D eigenvalue weighted by molar-refractivity contribution is 7.99. The first-order valence-corrected chi connectivity index (χ1v) is 11.0. The Morgan fingerprint density at radius 2 is 1.65 bits per heavy atom. The molecule has 1 heterocycles. The number of amides is 1. The molecule has 0 atom stereocenters. The molecule has 1 N–H and O–H groups in total. The fourth-order valence-electron chi connectivity index (χ4n) is 3.77. The van der Waals surface area contributed by atoms with Gasteiger partial charge in [0.25, 0.3) is 5.91 Å². The van der Waals surface area contributed by atoms with Crippen molar-refractivity contribution in [3.05, 3.63) is 84.4 Å². The van der Waals surface area contributed by atoms with E-state index in [0.717, 1.165) is 43.3 Å². The van der Waals surface area contributed by atoms with Gasteiger partial charge in [0.15, 0.2) is 5.16 Å². The number of aromatic nitrogens is 2. The minimum atomic E-state index is -0.169. The van der Waals surface area contributed by atoms with Crippen LogP contribution in [0.5, 0.6) is 0 Å². The molecule has 5 aromatic rings. The van der Waals surface area contributed by atoms with E-state index in [1.54, 1.807) is 6.21 Å². The second-order valence-corrected chi connectivity index (χ2v) is 8.20. The van der Waals surface area contributed by atoms with Gasteiger partial charge in [-0.15, -0.1) is 0 Å². The minimum absolute atomic E-state index is 0.169. The molecule has 5 nitrogen and oxygen atoms in total. The van der Waals surface area contributed by atoms with Crippen molar-refractivity contribution in [1.82, 2.24) is 15.0 Å². The molecule has 0 bridgehead atoms. The van der Waals surface area contributed by atoms with Gasteiger partial charge in [-0.25, -0.2) is 10.4 Å². The molecule has 0 radical (unpaired) electrons. The summed E-state index contributed by atoms with van der Waals surface area (Å²) in [5.74, 6) is 0.0722. The zero-order chi connectivity index (χ0) is 21.2. The third-order valence-electron chi connectivity index (χ3n) is 5.27. The highest BCUT2D eigenvalue weighted by Crippen LogP contribution is 2.27. The topological polar surface area (TPSA) is 59.3 Å². The van der Waals surface area contributed by atoms with Crippen molar-refractivity contribution < 1.29 is 4.79 Å². The number of fused-ring (bicyclic) bond motifs is 3. The van der Waals surface area contributed by atoms with Crippen LogP contribution in [-0.2, 0) is 11.8 Å². The summed E-state index contributed by atoms with van der Waals surface area (Å²) in [6.07, 6.45) is 1.74. The van der Waals surface area contributed by atoms with Crippen molar-refractivity contribution in [2.24, 2.45) is 12.1 Å². The SMILES string of the molecule is Cn1c(SCC(=O)N/N=C\c2c3ccccc3cc3ccccc23)nc2ccccc21. The predicted octanol–water partition coefficient (Wildman–Crippen LogP) is 5.12. The smallest absolute Gasteiger partial charge is 0.250 e. The maximum Gasteiger partial charge on any atom is 0.250 e. The van der Waals surface area contributed by atoms with Gasteiger partial charge < -0.3 is 4.57 Å². The summed E-state index contributed by atoms with van der Waals surface area (Å²) in [7, 11) is 1.96. The van der Waals surface area contributed by atoms with E-state index in [2.05, 4.69) is 45.8 Å². The molecule has 0 saturated heterocycles. The Hall–Kier alpha value is -3.64. The molecule has 5 rings (SSSR count). The summed E-state index contributed by atoms with van der Waals surface area (Å²) < 4.78 is 2.00. The Bertz CT molecular complexity index is 1400. The summed E-state index contributed by atoms with van der Waals surface area (Å²) in [6, 6.07) is 26.5. The second kappa shape index (κ2) is 8.24. The number of para-hydroxylation sites is 2. The van der Waals surface area contributed by atoms with E-state index in [1.807, 2.05) is 60.1 Å². The Kier molecular flexibility index (Phi) is 5.14. The largest absolute Gasteiger partial charge is 0.322 e. The lowest BCUT2D eigenvalue weighted by molar-refractivity contribution is -0.118. The molecule has 6 heteroatoms. The molecular weight excluding hydrogens is 404 g/mol. The zero-order valence-corrected chi connectivity index (χ0v) is 17.8. The molecule has 0 aliphatic heterocycles. The van der Waals surface area contributed by atoms with Crippen molar-refractivity contribution in [2.75, 3.05) is 5.75 Å². The van der Waals surface area contributed by atoms with Gasteiger partial charge in [0, 0.05) is 12.6 Å². The lowest BCUT2D eigenvalue weighted by Gasteiger charge is -2.08. The van der Waals surface area contributed by atoms with Crippen molar-refractivity contribution in [3.63, 3.8) is 0 Å². The van der Waals surface area contributed by atoms with Gasteiger partial charge in [-0.05, 0) is 39.7 Å². The first kappa shape index (κ1) is 19.3. The van der Waals surface area contributed by atoms with Gasteiger partial charge in [0.05, 0.1) is 23.0 Å². The van der Waals surface area contributed by atoms with Gasteiger partial charge in [-0.1, -0.05) is 72.4 Å². The molecule has 0 saturated carbocycles. The van der Waals surface area contributed by atoms with Crippen molar-refractivity contribution in [1.29, 1.82) is 0 Å². The van der Waals surface area contributed by atoms with E-state index in [9.17, 15) is 4.79 Å². The van der Waals surface area contributed by atoms with E-state index >= 15 is 0 Å². The number of imidazole rings is 1. The number of carbonyl (C=O) groups excluding carboxylic acids is 1. The highest BCUT2D eigenvalue weighted by Gasteiger charge is 2.10. The first-order chi connectivity index (χ1) is 15.2. The Morgan fingerprint density at radius 1 is 1.00 bits per heavy atom. The monoisotopic (exact) mass is 424 g/mol. The highest BCUT2D eigenvalue weighted by atomic mass is 32.2. The Morgan fingerprint density at radius 3 is 2.35 bits per heavy atom. The number of hydrogen-bond donors (Lipinski definition) is 1. The van der Waals surface area contributed by atoms with Crippen LogP contribution in [0.1, 0.15) is 5.56 Å². The molecule has 4 aromatic carbocycles. The van der Waals surface area contributed by atoms with Crippen LogP contribution < -0.4 is 5.43 Å². The van der Waals surface area contributed by atoms with Crippen LogP contribution in [0.3, 0.4) is 0 Å². The summed E-state index contributed by atoms with van der Waals surface area (Å²) in [5.41, 5.74) is 5.63. The zero-order valence-electron chi connectivity index (χ0n) is 16.9. The Balaban J connectivity index is 1.33. The molecule has 0 fully saturated rings. The van der Waals surface area contributed by atoms with E-state index < -0.39 is 0 Å². The van der Waals surface area contributed by atoms with E-state index in [4.69, 9.17) is 0 Å². The predicted molar refractivity (Wildman–Crippen MR) is 129 cm³/mol. The average molecular weight is 425 g/mol. The van der Waals surface area contributed by atoms with Crippen molar-refractivity contribution in [2.45, 2.75) is 5.16 Å². The quantitative estimate of drug-likeness (QED) is 0.184. The lowest BCUT2D eigenvalue weighted by atomic mass is 9.97. The fraction of sp³-hybridized carbons (Fsp3) is 0.0800. The normalized spacial score (nSPS) is 11.6. The van der Waals surface area contributed by atoms with Crippen LogP contribution in [0.25, 0.3) is 32.6 Å². The lowest BCUT2D eigenvalue weighted by Crippen LogP contribution is -2.20. The number of hydrazone groups is 1. The number of nitrogens with zero attached hydrogens (tertiary/aromatic N) is 3. The number of carbonyl (C=O) groups is 1. The summed E-state index contributed by atoms with van der Waals surface area (Å²) in [6.45, 7) is 0. The van der Waals surface area contributed by atoms with Crippen LogP contribution in [0.15, 0.2) is 89.1 Å². The summed E-state index contributed by atoms with van der Waals surface area (Å²) in [5, 5.41) is 9.56. The van der Waals surface area contributed by atoms with Gasteiger partial charge in [0.2, 0.25) is 0 Å². The molecule has 0 aliphatic carbocycles. The van der Waals surface area contributed by atoms with Crippen LogP contribution in [-0.4, -0.2) is 27.4 Å². The van der Waals surface area contributed by atoms with Crippen LogP contribution >= 0.6 is 11.8 Å².